The third-order valence-corrected chi connectivity index (χ3v) is 3.74. The molecule has 1 saturated heterocycles. The molecular formula is C16H27N3O2. The van der Waals surface area contributed by atoms with E-state index in [1.165, 1.54) is 0 Å². The van der Waals surface area contributed by atoms with E-state index in [0.717, 1.165) is 49.3 Å². The number of aromatic nitrogens is 2. The Labute approximate surface area is 127 Å². The molecule has 2 aliphatic rings. The lowest BCUT2D eigenvalue weighted by Crippen LogP contribution is -2.44. The smallest absolute Gasteiger partial charge is 0.183 e. The molecule has 0 bridgehead atoms. The van der Waals surface area contributed by atoms with Gasteiger partial charge in [0.2, 0.25) is 0 Å². The summed E-state index contributed by atoms with van der Waals surface area (Å²) < 4.78 is 11.5. The van der Waals surface area contributed by atoms with Crippen LogP contribution < -0.4 is 9.64 Å². The van der Waals surface area contributed by atoms with Gasteiger partial charge in [0.05, 0.1) is 18.3 Å². The molecule has 0 aromatic carbocycles. The van der Waals surface area contributed by atoms with E-state index in [4.69, 9.17) is 9.47 Å². The molecule has 3 heterocycles. The van der Waals surface area contributed by atoms with E-state index < -0.39 is 0 Å². The minimum atomic E-state index is 0.343. The predicted molar refractivity (Wildman–Crippen MR) is 84.3 cm³/mol. The molecule has 0 saturated carbocycles. The zero-order chi connectivity index (χ0) is 15.4. The van der Waals surface area contributed by atoms with Crippen LogP contribution in [0.25, 0.3) is 0 Å². The van der Waals surface area contributed by atoms with Gasteiger partial charge in [-0.05, 0) is 19.3 Å². The zero-order valence-corrected chi connectivity index (χ0v) is 13.8. The first-order valence-corrected chi connectivity index (χ1v) is 8.02. The van der Waals surface area contributed by atoms with E-state index in [9.17, 15) is 0 Å². The van der Waals surface area contributed by atoms with Gasteiger partial charge >= 0.3 is 0 Å². The van der Waals surface area contributed by atoms with Crippen molar-refractivity contribution in [1.29, 1.82) is 0 Å². The van der Waals surface area contributed by atoms with Crippen molar-refractivity contribution in [3.63, 3.8) is 0 Å². The van der Waals surface area contributed by atoms with E-state index in [1.54, 1.807) is 0 Å². The molecule has 0 radical (unpaired) electrons. The molecule has 1 aromatic rings. The summed E-state index contributed by atoms with van der Waals surface area (Å²) in [5.74, 6) is 2.99. The average molecular weight is 293 g/mol. The topological polar surface area (TPSA) is 47.5 Å². The van der Waals surface area contributed by atoms with Gasteiger partial charge < -0.3 is 14.4 Å². The third kappa shape index (κ3) is 3.28. The maximum atomic E-state index is 5.97. The molecule has 118 valence electrons. The SMILES string of the molecule is CC.Cc1nc(C(C)C)c2c(n1)N1CCOCCC1CO2. The van der Waals surface area contributed by atoms with Crippen LogP contribution in [0.2, 0.25) is 0 Å². The molecule has 1 aromatic heterocycles. The van der Waals surface area contributed by atoms with Crippen LogP contribution in [0.3, 0.4) is 0 Å². The highest BCUT2D eigenvalue weighted by Crippen LogP contribution is 2.38. The monoisotopic (exact) mass is 293 g/mol. The lowest BCUT2D eigenvalue weighted by atomic mass is 10.1. The standard InChI is InChI=1S/C14H21N3O2.C2H6/c1-9(2)12-13-14(16-10(3)15-12)17-5-7-18-6-4-11(17)8-19-13;1-2/h9,11H,4-8H2,1-3H3;1-2H3. The second kappa shape index (κ2) is 7.07. The molecule has 1 atom stereocenters. The van der Waals surface area contributed by atoms with Gasteiger partial charge in [-0.15, -0.1) is 0 Å². The van der Waals surface area contributed by atoms with Crippen molar-refractivity contribution >= 4 is 5.82 Å². The molecular weight excluding hydrogens is 266 g/mol. The van der Waals surface area contributed by atoms with Crippen LogP contribution in [0.4, 0.5) is 5.82 Å². The summed E-state index contributed by atoms with van der Waals surface area (Å²) in [6, 6.07) is 0.379. The molecule has 0 spiro atoms. The summed E-state index contributed by atoms with van der Waals surface area (Å²) in [5.41, 5.74) is 1.02. The first-order chi connectivity index (χ1) is 10.2. The van der Waals surface area contributed by atoms with Gasteiger partial charge in [0, 0.05) is 13.2 Å². The summed E-state index contributed by atoms with van der Waals surface area (Å²) >= 11 is 0. The molecule has 0 aliphatic carbocycles. The van der Waals surface area contributed by atoms with E-state index in [1.807, 2.05) is 20.8 Å². The number of anilines is 1. The fourth-order valence-corrected chi connectivity index (χ4v) is 2.75. The van der Waals surface area contributed by atoms with Crippen LogP contribution in [0.5, 0.6) is 5.75 Å². The van der Waals surface area contributed by atoms with Gasteiger partial charge in [0.25, 0.3) is 0 Å². The quantitative estimate of drug-likeness (QED) is 0.796. The number of ether oxygens (including phenoxy) is 2. The van der Waals surface area contributed by atoms with Crippen LogP contribution in [0.1, 0.15) is 51.6 Å². The van der Waals surface area contributed by atoms with Crippen LogP contribution in [-0.4, -0.2) is 42.4 Å². The summed E-state index contributed by atoms with van der Waals surface area (Å²) in [4.78, 5) is 11.5. The normalized spacial score (nSPS) is 20.7. The zero-order valence-electron chi connectivity index (χ0n) is 13.8. The summed E-state index contributed by atoms with van der Waals surface area (Å²) in [7, 11) is 0. The second-order valence-electron chi connectivity index (χ2n) is 5.52. The van der Waals surface area contributed by atoms with Gasteiger partial charge in [0.1, 0.15) is 12.4 Å². The molecule has 0 N–H and O–H groups in total. The minimum absolute atomic E-state index is 0.343. The number of nitrogens with zero attached hydrogens (tertiary/aromatic N) is 3. The second-order valence-corrected chi connectivity index (χ2v) is 5.52. The molecule has 1 unspecified atom stereocenters. The van der Waals surface area contributed by atoms with Gasteiger partial charge in [-0.25, -0.2) is 9.97 Å². The van der Waals surface area contributed by atoms with E-state index in [0.29, 0.717) is 18.6 Å². The Kier molecular flexibility index (Phi) is 5.39. The van der Waals surface area contributed by atoms with Crippen molar-refractivity contribution < 1.29 is 9.47 Å². The van der Waals surface area contributed by atoms with Crippen molar-refractivity contribution in [2.75, 3.05) is 31.3 Å². The maximum absolute atomic E-state index is 5.97. The number of hydrogen-bond acceptors (Lipinski definition) is 5. The van der Waals surface area contributed by atoms with Gasteiger partial charge in [-0.1, -0.05) is 27.7 Å². The molecule has 5 nitrogen and oxygen atoms in total. The minimum Gasteiger partial charge on any atom is -0.486 e. The molecule has 3 rings (SSSR count). The first kappa shape index (κ1) is 16.0. The highest BCUT2D eigenvalue weighted by atomic mass is 16.5. The van der Waals surface area contributed by atoms with Crippen molar-refractivity contribution in [1.82, 2.24) is 9.97 Å². The average Bonchev–Trinajstić information content (AvgIpc) is 2.73. The highest BCUT2D eigenvalue weighted by Gasteiger charge is 2.32. The Hall–Kier alpha value is -1.36. The van der Waals surface area contributed by atoms with Crippen LogP contribution >= 0.6 is 0 Å². The van der Waals surface area contributed by atoms with Crippen LogP contribution in [0.15, 0.2) is 0 Å². The largest absolute Gasteiger partial charge is 0.486 e. The van der Waals surface area contributed by atoms with Gasteiger partial charge in [-0.3, -0.25) is 0 Å². The molecule has 5 heteroatoms. The summed E-state index contributed by atoms with van der Waals surface area (Å²) in [6.45, 7) is 13.4. The molecule has 2 aliphatic heterocycles. The first-order valence-electron chi connectivity index (χ1n) is 8.02. The lowest BCUT2D eigenvalue weighted by Gasteiger charge is -2.36. The maximum Gasteiger partial charge on any atom is 0.183 e. The van der Waals surface area contributed by atoms with Gasteiger partial charge in [-0.2, -0.15) is 0 Å². The van der Waals surface area contributed by atoms with Crippen molar-refractivity contribution in [2.24, 2.45) is 0 Å². The third-order valence-electron chi connectivity index (χ3n) is 3.74. The number of rotatable bonds is 1. The van der Waals surface area contributed by atoms with Crippen LogP contribution in [0, 0.1) is 6.92 Å². The number of hydrogen-bond donors (Lipinski definition) is 0. The molecule has 0 amide bonds. The molecule has 21 heavy (non-hydrogen) atoms. The lowest BCUT2D eigenvalue weighted by molar-refractivity contribution is 0.147. The van der Waals surface area contributed by atoms with Gasteiger partial charge in [0.15, 0.2) is 11.6 Å². The van der Waals surface area contributed by atoms with Crippen molar-refractivity contribution in [3.8, 4) is 5.75 Å². The summed E-state index contributed by atoms with van der Waals surface area (Å²) in [6.07, 6.45) is 1.000. The number of aryl methyl sites for hydroxylation is 1. The Morgan fingerprint density at radius 2 is 1.95 bits per heavy atom. The summed E-state index contributed by atoms with van der Waals surface area (Å²) in [5, 5.41) is 0. The van der Waals surface area contributed by atoms with Crippen LogP contribution in [-0.2, 0) is 4.74 Å². The Balaban J connectivity index is 0.000000774. The van der Waals surface area contributed by atoms with E-state index in [-0.39, 0.29) is 0 Å². The Morgan fingerprint density at radius 1 is 1.19 bits per heavy atom. The van der Waals surface area contributed by atoms with E-state index in [2.05, 4.69) is 28.7 Å². The predicted octanol–water partition coefficient (Wildman–Crippen LogP) is 2.92. The number of fused-ring (bicyclic) bond motifs is 3. The fourth-order valence-electron chi connectivity index (χ4n) is 2.75. The van der Waals surface area contributed by atoms with Crippen molar-refractivity contribution in [2.45, 2.75) is 53.0 Å². The van der Waals surface area contributed by atoms with E-state index >= 15 is 0 Å². The molecule has 1 fully saturated rings. The Morgan fingerprint density at radius 3 is 2.67 bits per heavy atom. The highest BCUT2D eigenvalue weighted by molar-refractivity contribution is 5.58. The Bertz CT molecular complexity index is 477. The van der Waals surface area contributed by atoms with Crippen molar-refractivity contribution in [3.05, 3.63) is 11.5 Å². The fraction of sp³-hybridized carbons (Fsp3) is 0.750.